The molecular formula is C24H30N2O4. The average Bonchev–Trinajstić information content (AvgIpc) is 2.76. The molecule has 160 valence electrons. The second kappa shape index (κ2) is 10.7. The molecule has 3 atom stereocenters. The number of carbonyl (C=O) groups excluding carboxylic acids is 2. The van der Waals surface area contributed by atoms with Crippen molar-refractivity contribution in [2.24, 2.45) is 0 Å². The van der Waals surface area contributed by atoms with Gasteiger partial charge in [-0.25, -0.2) is 0 Å². The number of para-hydroxylation sites is 2. The summed E-state index contributed by atoms with van der Waals surface area (Å²) < 4.78 is 11.6. The molecule has 1 aliphatic rings. The van der Waals surface area contributed by atoms with E-state index in [9.17, 15) is 9.59 Å². The molecule has 0 spiro atoms. The Balaban J connectivity index is 1.34. The molecule has 0 aliphatic carbocycles. The fourth-order valence-electron chi connectivity index (χ4n) is 3.38. The van der Waals surface area contributed by atoms with Crippen LogP contribution in [0.15, 0.2) is 54.6 Å². The third-order valence-electron chi connectivity index (χ3n) is 5.17. The second-order valence-corrected chi connectivity index (χ2v) is 7.76. The predicted octanol–water partition coefficient (Wildman–Crippen LogP) is 3.25. The quantitative estimate of drug-likeness (QED) is 0.665. The molecule has 1 heterocycles. The highest BCUT2D eigenvalue weighted by Gasteiger charge is 2.27. The number of rotatable bonds is 9. The molecule has 3 rings (SSSR count). The first-order valence-corrected chi connectivity index (χ1v) is 10.5. The van der Waals surface area contributed by atoms with E-state index >= 15 is 0 Å². The van der Waals surface area contributed by atoms with E-state index in [1.165, 1.54) is 5.56 Å². The van der Waals surface area contributed by atoms with Gasteiger partial charge in [0, 0.05) is 18.9 Å². The van der Waals surface area contributed by atoms with Crippen LogP contribution < -0.4 is 20.1 Å². The minimum Gasteiger partial charge on any atom is -0.486 e. The summed E-state index contributed by atoms with van der Waals surface area (Å²) in [6.07, 6.45) is 1.81. The van der Waals surface area contributed by atoms with Crippen molar-refractivity contribution in [3.63, 3.8) is 0 Å². The van der Waals surface area contributed by atoms with Crippen LogP contribution in [0.1, 0.15) is 38.7 Å². The fourth-order valence-corrected chi connectivity index (χ4v) is 3.38. The first kappa shape index (κ1) is 21.7. The number of carbonyl (C=O) groups is 2. The van der Waals surface area contributed by atoms with Gasteiger partial charge in [-0.05, 0) is 44.4 Å². The highest BCUT2D eigenvalue weighted by Crippen LogP contribution is 2.31. The van der Waals surface area contributed by atoms with Crippen LogP contribution in [0, 0.1) is 0 Å². The van der Waals surface area contributed by atoms with Crippen molar-refractivity contribution < 1.29 is 19.1 Å². The van der Waals surface area contributed by atoms with Gasteiger partial charge in [0.1, 0.15) is 6.61 Å². The van der Waals surface area contributed by atoms with Crippen molar-refractivity contribution in [2.45, 2.75) is 57.7 Å². The van der Waals surface area contributed by atoms with Gasteiger partial charge in [-0.3, -0.25) is 9.59 Å². The van der Waals surface area contributed by atoms with E-state index in [-0.39, 0.29) is 42.8 Å². The highest BCUT2D eigenvalue weighted by molar-refractivity contribution is 5.84. The molecule has 6 heteroatoms. The second-order valence-electron chi connectivity index (χ2n) is 7.76. The lowest BCUT2D eigenvalue weighted by atomic mass is 10.1. The molecule has 30 heavy (non-hydrogen) atoms. The summed E-state index contributed by atoms with van der Waals surface area (Å²) in [6, 6.07) is 17.5. The Hall–Kier alpha value is -3.02. The molecule has 0 bridgehead atoms. The monoisotopic (exact) mass is 410 g/mol. The van der Waals surface area contributed by atoms with Crippen molar-refractivity contribution in [1.82, 2.24) is 10.6 Å². The van der Waals surface area contributed by atoms with E-state index in [2.05, 4.69) is 22.8 Å². The Morgan fingerprint density at radius 2 is 1.57 bits per heavy atom. The average molecular weight is 411 g/mol. The van der Waals surface area contributed by atoms with Crippen molar-refractivity contribution in [1.29, 1.82) is 0 Å². The number of ether oxygens (including phenoxy) is 2. The van der Waals surface area contributed by atoms with Gasteiger partial charge in [0.2, 0.25) is 11.8 Å². The summed E-state index contributed by atoms with van der Waals surface area (Å²) in [5.41, 5.74) is 1.25. The SMILES string of the molecule is CC(CCc1ccccc1)NC(=O)CCC(=O)NC(C)C1COc2ccccc2O1. The van der Waals surface area contributed by atoms with Crippen LogP contribution in [-0.2, 0) is 16.0 Å². The van der Waals surface area contributed by atoms with E-state index < -0.39 is 0 Å². The summed E-state index contributed by atoms with van der Waals surface area (Å²) in [5, 5.41) is 5.88. The van der Waals surface area contributed by atoms with Crippen molar-refractivity contribution >= 4 is 11.8 Å². The molecule has 3 unspecified atom stereocenters. The van der Waals surface area contributed by atoms with Crippen molar-refractivity contribution in [3.05, 3.63) is 60.2 Å². The van der Waals surface area contributed by atoms with Crippen molar-refractivity contribution in [2.75, 3.05) is 6.61 Å². The fraction of sp³-hybridized carbons (Fsp3) is 0.417. The maximum atomic E-state index is 12.3. The normalized spacial score (nSPS) is 16.9. The molecule has 2 aromatic rings. The molecule has 2 N–H and O–H groups in total. The van der Waals surface area contributed by atoms with Gasteiger partial charge in [-0.2, -0.15) is 0 Å². The Bertz CT molecular complexity index is 840. The minimum atomic E-state index is -0.268. The zero-order valence-corrected chi connectivity index (χ0v) is 17.6. The third kappa shape index (κ3) is 6.51. The van der Waals surface area contributed by atoms with Gasteiger partial charge >= 0.3 is 0 Å². The van der Waals surface area contributed by atoms with E-state index in [0.29, 0.717) is 18.1 Å². The minimum absolute atomic E-state index is 0.0625. The van der Waals surface area contributed by atoms with E-state index in [0.717, 1.165) is 12.8 Å². The summed E-state index contributed by atoms with van der Waals surface area (Å²) in [7, 11) is 0. The van der Waals surface area contributed by atoms with Gasteiger partial charge in [-0.1, -0.05) is 42.5 Å². The standard InChI is InChI=1S/C24H30N2O4/c1-17(12-13-19-8-4-3-5-9-19)25-23(27)14-15-24(28)26-18(2)22-16-29-20-10-6-7-11-21(20)30-22/h3-11,17-18,22H,12-16H2,1-2H3,(H,25,27)(H,26,28). The molecule has 0 aromatic heterocycles. The van der Waals surface area contributed by atoms with Crippen LogP contribution in [0.3, 0.4) is 0 Å². The van der Waals surface area contributed by atoms with Crippen LogP contribution >= 0.6 is 0 Å². The van der Waals surface area contributed by atoms with Crippen LogP contribution in [0.5, 0.6) is 11.5 Å². The Kier molecular flexibility index (Phi) is 7.71. The Morgan fingerprint density at radius 3 is 2.30 bits per heavy atom. The molecule has 6 nitrogen and oxygen atoms in total. The van der Waals surface area contributed by atoms with Gasteiger partial charge in [-0.15, -0.1) is 0 Å². The van der Waals surface area contributed by atoms with E-state index in [4.69, 9.17) is 9.47 Å². The number of aryl methyl sites for hydroxylation is 1. The molecule has 0 fully saturated rings. The number of amides is 2. The topological polar surface area (TPSA) is 76.7 Å². The van der Waals surface area contributed by atoms with Crippen LogP contribution in [0.25, 0.3) is 0 Å². The van der Waals surface area contributed by atoms with Gasteiger partial charge in [0.25, 0.3) is 0 Å². The first-order valence-electron chi connectivity index (χ1n) is 10.5. The zero-order chi connectivity index (χ0) is 21.3. The predicted molar refractivity (Wildman–Crippen MR) is 116 cm³/mol. The molecule has 2 amide bonds. The molecule has 2 aromatic carbocycles. The first-order chi connectivity index (χ1) is 14.5. The summed E-state index contributed by atoms with van der Waals surface area (Å²) in [6.45, 7) is 4.24. The molecular weight excluding hydrogens is 380 g/mol. The summed E-state index contributed by atoms with van der Waals surface area (Å²) in [5.74, 6) is 1.12. The van der Waals surface area contributed by atoms with Gasteiger partial charge < -0.3 is 20.1 Å². The summed E-state index contributed by atoms with van der Waals surface area (Å²) in [4.78, 5) is 24.4. The number of hydrogen-bond donors (Lipinski definition) is 2. The van der Waals surface area contributed by atoms with Crippen LogP contribution in [0.2, 0.25) is 0 Å². The van der Waals surface area contributed by atoms with Crippen LogP contribution in [-0.4, -0.2) is 36.6 Å². The maximum absolute atomic E-state index is 12.3. The number of nitrogens with one attached hydrogen (secondary N) is 2. The van der Waals surface area contributed by atoms with E-state index in [1.54, 1.807) is 0 Å². The summed E-state index contributed by atoms with van der Waals surface area (Å²) >= 11 is 0. The van der Waals surface area contributed by atoms with Crippen molar-refractivity contribution in [3.8, 4) is 11.5 Å². The molecule has 0 radical (unpaired) electrons. The van der Waals surface area contributed by atoms with E-state index in [1.807, 2.05) is 56.3 Å². The van der Waals surface area contributed by atoms with Crippen LogP contribution in [0.4, 0.5) is 0 Å². The molecule has 1 aliphatic heterocycles. The number of fused-ring (bicyclic) bond motifs is 1. The Morgan fingerprint density at radius 1 is 0.933 bits per heavy atom. The lowest BCUT2D eigenvalue weighted by molar-refractivity contribution is -0.127. The lowest BCUT2D eigenvalue weighted by Gasteiger charge is -2.30. The number of benzene rings is 2. The third-order valence-corrected chi connectivity index (χ3v) is 5.17. The highest BCUT2D eigenvalue weighted by atomic mass is 16.6. The maximum Gasteiger partial charge on any atom is 0.220 e. The van der Waals surface area contributed by atoms with Gasteiger partial charge in [0.15, 0.2) is 17.6 Å². The Labute approximate surface area is 178 Å². The number of hydrogen-bond acceptors (Lipinski definition) is 4. The van der Waals surface area contributed by atoms with Gasteiger partial charge in [0.05, 0.1) is 6.04 Å². The smallest absolute Gasteiger partial charge is 0.220 e. The largest absolute Gasteiger partial charge is 0.486 e. The molecule has 0 saturated carbocycles. The zero-order valence-electron chi connectivity index (χ0n) is 17.6. The molecule has 0 saturated heterocycles. The lowest BCUT2D eigenvalue weighted by Crippen LogP contribution is -2.48.